The van der Waals surface area contributed by atoms with E-state index in [0.29, 0.717) is 30.7 Å². The van der Waals surface area contributed by atoms with Crippen molar-refractivity contribution in [1.29, 1.82) is 0 Å². The predicted molar refractivity (Wildman–Crippen MR) is 89.7 cm³/mol. The second-order valence-electron chi connectivity index (χ2n) is 6.68. The van der Waals surface area contributed by atoms with Crippen LogP contribution in [0.25, 0.3) is 11.2 Å². The molecule has 23 heavy (non-hydrogen) atoms. The van der Waals surface area contributed by atoms with E-state index < -0.39 is 5.60 Å². The van der Waals surface area contributed by atoms with Gasteiger partial charge in [0, 0.05) is 20.1 Å². The highest BCUT2D eigenvalue weighted by atomic mass is 16.3. The van der Waals surface area contributed by atoms with Gasteiger partial charge in [0.05, 0.1) is 11.9 Å². The lowest BCUT2D eigenvalue weighted by Crippen LogP contribution is -2.39. The summed E-state index contributed by atoms with van der Waals surface area (Å²) in [5, 5.41) is 9.74. The van der Waals surface area contributed by atoms with E-state index >= 15 is 0 Å². The van der Waals surface area contributed by atoms with Gasteiger partial charge in [-0.15, -0.1) is 0 Å². The van der Waals surface area contributed by atoms with Crippen molar-refractivity contribution in [3.63, 3.8) is 0 Å². The van der Waals surface area contributed by atoms with E-state index in [2.05, 4.69) is 4.98 Å². The van der Waals surface area contributed by atoms with Crippen LogP contribution in [0.15, 0.2) is 15.9 Å². The highest BCUT2D eigenvalue weighted by molar-refractivity contribution is 5.69. The van der Waals surface area contributed by atoms with Gasteiger partial charge in [-0.1, -0.05) is 6.92 Å². The van der Waals surface area contributed by atoms with Gasteiger partial charge in [0.1, 0.15) is 0 Å². The Bertz CT molecular complexity index is 792. The van der Waals surface area contributed by atoms with Crippen molar-refractivity contribution in [3.05, 3.63) is 27.2 Å². The molecule has 0 aliphatic heterocycles. The third kappa shape index (κ3) is 3.72. The van der Waals surface area contributed by atoms with Crippen molar-refractivity contribution in [2.75, 3.05) is 0 Å². The lowest BCUT2D eigenvalue weighted by Gasteiger charge is -2.16. The molecule has 2 aromatic rings. The van der Waals surface area contributed by atoms with Gasteiger partial charge in [0.2, 0.25) is 0 Å². The maximum absolute atomic E-state index is 12.6. The summed E-state index contributed by atoms with van der Waals surface area (Å²) in [5.41, 5.74) is -0.366. The monoisotopic (exact) mass is 322 g/mol. The standard InChI is InChI=1S/C16H26N4O3/c1-5-9-20-14(21)12-13(18(4)15(20)22)17-11-19(12)10-7-6-8-16(2,3)23/h11,23H,5-10H2,1-4H3. The highest BCUT2D eigenvalue weighted by Crippen LogP contribution is 2.14. The number of hydrogen-bond acceptors (Lipinski definition) is 4. The van der Waals surface area contributed by atoms with Crippen LogP contribution in [0.3, 0.4) is 0 Å². The first-order valence-corrected chi connectivity index (χ1v) is 8.13. The lowest BCUT2D eigenvalue weighted by molar-refractivity contribution is 0.0679. The first-order valence-electron chi connectivity index (χ1n) is 8.13. The van der Waals surface area contributed by atoms with Gasteiger partial charge in [-0.05, 0) is 39.5 Å². The van der Waals surface area contributed by atoms with Gasteiger partial charge in [0.15, 0.2) is 11.2 Å². The van der Waals surface area contributed by atoms with E-state index in [-0.39, 0.29) is 11.2 Å². The quantitative estimate of drug-likeness (QED) is 0.778. The lowest BCUT2D eigenvalue weighted by atomic mass is 10.0. The van der Waals surface area contributed by atoms with E-state index in [4.69, 9.17) is 0 Å². The van der Waals surface area contributed by atoms with E-state index in [1.54, 1.807) is 27.2 Å². The van der Waals surface area contributed by atoms with Gasteiger partial charge in [-0.25, -0.2) is 9.78 Å². The summed E-state index contributed by atoms with van der Waals surface area (Å²) in [6.45, 7) is 6.57. The van der Waals surface area contributed by atoms with Gasteiger partial charge >= 0.3 is 5.69 Å². The number of fused-ring (bicyclic) bond motifs is 1. The summed E-state index contributed by atoms with van der Waals surface area (Å²) >= 11 is 0. The Morgan fingerprint density at radius 2 is 1.91 bits per heavy atom. The van der Waals surface area contributed by atoms with Crippen molar-refractivity contribution < 1.29 is 5.11 Å². The molecule has 0 saturated carbocycles. The molecule has 0 aliphatic carbocycles. The Morgan fingerprint density at radius 1 is 1.22 bits per heavy atom. The molecular formula is C16H26N4O3. The molecule has 0 atom stereocenters. The average Bonchev–Trinajstić information content (AvgIpc) is 2.89. The molecule has 0 radical (unpaired) electrons. The van der Waals surface area contributed by atoms with Crippen LogP contribution in [0.1, 0.15) is 46.5 Å². The molecule has 7 heteroatoms. The zero-order valence-electron chi connectivity index (χ0n) is 14.4. The van der Waals surface area contributed by atoms with Crippen LogP contribution < -0.4 is 11.2 Å². The molecule has 0 bridgehead atoms. The smallest absolute Gasteiger partial charge is 0.332 e. The molecular weight excluding hydrogens is 296 g/mol. The molecule has 0 unspecified atom stereocenters. The molecule has 0 amide bonds. The van der Waals surface area contributed by atoms with Crippen LogP contribution in [-0.2, 0) is 20.1 Å². The van der Waals surface area contributed by atoms with Crippen molar-refractivity contribution in [2.24, 2.45) is 7.05 Å². The fourth-order valence-electron chi connectivity index (χ4n) is 2.75. The van der Waals surface area contributed by atoms with Crippen molar-refractivity contribution in [2.45, 2.75) is 65.1 Å². The Kier molecular flexibility index (Phi) is 5.09. The number of rotatable bonds is 7. The number of unbranched alkanes of at least 4 members (excludes halogenated alkanes) is 1. The fourth-order valence-corrected chi connectivity index (χ4v) is 2.75. The van der Waals surface area contributed by atoms with Gasteiger partial charge < -0.3 is 9.67 Å². The number of nitrogens with zero attached hydrogens (tertiary/aromatic N) is 4. The normalized spacial score (nSPS) is 12.2. The van der Waals surface area contributed by atoms with Gasteiger partial charge in [0.25, 0.3) is 5.56 Å². The third-order valence-electron chi connectivity index (χ3n) is 3.99. The molecule has 128 valence electrons. The largest absolute Gasteiger partial charge is 0.390 e. The summed E-state index contributed by atoms with van der Waals surface area (Å²) in [4.78, 5) is 29.1. The molecule has 2 heterocycles. The van der Waals surface area contributed by atoms with E-state index in [1.807, 2.05) is 11.5 Å². The van der Waals surface area contributed by atoms with Crippen LogP contribution in [0.2, 0.25) is 0 Å². The molecule has 1 N–H and O–H groups in total. The first-order chi connectivity index (χ1) is 10.8. The topological polar surface area (TPSA) is 82.0 Å². The minimum absolute atomic E-state index is 0.273. The van der Waals surface area contributed by atoms with Crippen LogP contribution in [0.4, 0.5) is 0 Å². The maximum atomic E-state index is 12.6. The Labute approximate surface area is 135 Å². The van der Waals surface area contributed by atoms with Gasteiger partial charge in [-0.3, -0.25) is 13.9 Å². The summed E-state index contributed by atoms with van der Waals surface area (Å²) in [5.74, 6) is 0. The summed E-state index contributed by atoms with van der Waals surface area (Å²) in [6.07, 6.45) is 4.74. The molecule has 0 aromatic carbocycles. The average molecular weight is 322 g/mol. The second kappa shape index (κ2) is 6.70. The van der Waals surface area contributed by atoms with Crippen molar-refractivity contribution in [3.8, 4) is 0 Å². The maximum Gasteiger partial charge on any atom is 0.332 e. The summed E-state index contributed by atoms with van der Waals surface area (Å²) in [6, 6.07) is 0. The van der Waals surface area contributed by atoms with E-state index in [1.165, 1.54) is 9.13 Å². The fraction of sp³-hybridized carbons (Fsp3) is 0.688. The summed E-state index contributed by atoms with van der Waals surface area (Å²) in [7, 11) is 1.64. The van der Waals surface area contributed by atoms with Crippen LogP contribution >= 0.6 is 0 Å². The Morgan fingerprint density at radius 3 is 2.52 bits per heavy atom. The SMILES string of the molecule is CCCn1c(=O)c2c(ncn2CCCCC(C)(C)O)n(C)c1=O. The van der Waals surface area contributed by atoms with Gasteiger partial charge in [-0.2, -0.15) is 0 Å². The predicted octanol–water partition coefficient (Wildman–Crippen LogP) is 1.25. The number of aliphatic hydroxyl groups is 1. The van der Waals surface area contributed by atoms with Crippen LogP contribution in [0.5, 0.6) is 0 Å². The Hall–Kier alpha value is -1.89. The molecule has 0 fully saturated rings. The highest BCUT2D eigenvalue weighted by Gasteiger charge is 2.16. The number of aromatic nitrogens is 4. The van der Waals surface area contributed by atoms with Crippen molar-refractivity contribution >= 4 is 11.2 Å². The van der Waals surface area contributed by atoms with Crippen LogP contribution in [0, 0.1) is 0 Å². The molecule has 0 saturated heterocycles. The van der Waals surface area contributed by atoms with E-state index in [0.717, 1.165) is 19.3 Å². The minimum atomic E-state index is -0.672. The van der Waals surface area contributed by atoms with Crippen molar-refractivity contribution in [1.82, 2.24) is 18.7 Å². The number of aryl methyl sites for hydroxylation is 2. The molecule has 0 aliphatic rings. The second-order valence-corrected chi connectivity index (χ2v) is 6.68. The number of imidazole rings is 1. The minimum Gasteiger partial charge on any atom is -0.390 e. The van der Waals surface area contributed by atoms with Crippen LogP contribution in [-0.4, -0.2) is 29.4 Å². The summed E-state index contributed by atoms with van der Waals surface area (Å²) < 4.78 is 4.52. The Balaban J connectivity index is 2.32. The number of hydrogen-bond donors (Lipinski definition) is 1. The third-order valence-corrected chi connectivity index (χ3v) is 3.99. The first kappa shape index (κ1) is 17.5. The molecule has 2 aromatic heterocycles. The zero-order chi connectivity index (χ0) is 17.2. The molecule has 7 nitrogen and oxygen atoms in total. The molecule has 2 rings (SSSR count). The molecule has 0 spiro atoms. The zero-order valence-corrected chi connectivity index (χ0v) is 14.4. The van der Waals surface area contributed by atoms with E-state index in [9.17, 15) is 14.7 Å².